The van der Waals surface area contributed by atoms with Crippen molar-refractivity contribution in [3.05, 3.63) is 174 Å². The first kappa shape index (κ1) is 43.1. The molecule has 0 amide bonds. The van der Waals surface area contributed by atoms with Gasteiger partial charge in [-0.05, 0) is 110 Å². The molecule has 10 aromatic rings. The third-order valence-corrected chi connectivity index (χ3v) is 13.5. The first-order chi connectivity index (χ1) is 31.2. The van der Waals surface area contributed by atoms with Crippen molar-refractivity contribution in [2.24, 2.45) is 0 Å². The molecule has 0 radical (unpaired) electrons. The summed E-state index contributed by atoms with van der Waals surface area (Å²) in [6, 6.07) is 55.8. The Labute approximate surface area is 390 Å². The molecule has 330 valence electrons. The van der Waals surface area contributed by atoms with Crippen molar-refractivity contribution in [2.75, 3.05) is 0 Å². The fourth-order valence-corrected chi connectivity index (χ4v) is 9.67. The fourth-order valence-electron chi connectivity index (χ4n) is 9.67. The monoisotopic (exact) mass is 862 g/mol. The highest BCUT2D eigenvalue weighted by Crippen LogP contribution is 2.45. The molecule has 0 aliphatic carbocycles. The van der Waals surface area contributed by atoms with E-state index in [-0.39, 0.29) is 21.7 Å². The standard InChI is InChI=1S/C62H62N4/c1-59(2,3)42-24-29-54-48(35-42)49-36-43(60(4,5)6)25-30-55(49)66(54)45-32-41(31-44(34-45)61(7,8)9)56-50(62(10,11)12)27-26-46-47-33-40(23-28-51(47)63-57(46)56)58-64-52(38-19-15-13-16-20-38)37-53(65-58)39-21-17-14-18-22-39/h13-37,63H,1-12H3. The molecule has 0 unspecified atom stereocenters. The number of nitrogens with one attached hydrogen (secondary N) is 1. The maximum atomic E-state index is 5.20. The normalized spacial score (nSPS) is 12.8. The summed E-state index contributed by atoms with van der Waals surface area (Å²) in [6.45, 7) is 27.9. The van der Waals surface area contributed by atoms with E-state index in [2.05, 4.69) is 232 Å². The van der Waals surface area contributed by atoms with Crippen LogP contribution in [0.5, 0.6) is 0 Å². The number of rotatable bonds is 5. The molecule has 0 saturated heterocycles. The van der Waals surface area contributed by atoms with Crippen LogP contribution in [0, 0.1) is 0 Å². The van der Waals surface area contributed by atoms with Crippen molar-refractivity contribution in [3.63, 3.8) is 0 Å². The van der Waals surface area contributed by atoms with Crippen LogP contribution in [0.4, 0.5) is 0 Å². The third-order valence-electron chi connectivity index (χ3n) is 13.5. The predicted molar refractivity (Wildman–Crippen MR) is 282 cm³/mol. The fraction of sp³-hybridized carbons (Fsp3) is 0.258. The second kappa shape index (κ2) is 15.4. The van der Waals surface area contributed by atoms with E-state index in [1.807, 2.05) is 12.1 Å². The Bertz CT molecular complexity index is 3350. The lowest BCUT2D eigenvalue weighted by atomic mass is 9.79. The van der Waals surface area contributed by atoms with E-state index in [1.54, 1.807) is 0 Å². The van der Waals surface area contributed by atoms with Gasteiger partial charge in [-0.1, -0.05) is 174 Å². The molecule has 4 nitrogen and oxygen atoms in total. The molecule has 0 aliphatic rings. The second-order valence-electron chi connectivity index (χ2n) is 22.6. The van der Waals surface area contributed by atoms with E-state index >= 15 is 0 Å². The topological polar surface area (TPSA) is 46.5 Å². The Hall–Kier alpha value is -6.78. The van der Waals surface area contributed by atoms with Gasteiger partial charge in [-0.25, -0.2) is 9.97 Å². The van der Waals surface area contributed by atoms with Crippen LogP contribution < -0.4 is 0 Å². The quantitative estimate of drug-likeness (QED) is 0.187. The molecular formula is C62H62N4. The summed E-state index contributed by atoms with van der Waals surface area (Å²) in [5.41, 5.74) is 18.3. The second-order valence-corrected chi connectivity index (χ2v) is 22.6. The molecule has 0 atom stereocenters. The summed E-state index contributed by atoms with van der Waals surface area (Å²) in [4.78, 5) is 14.4. The van der Waals surface area contributed by atoms with Crippen LogP contribution in [0.1, 0.15) is 105 Å². The van der Waals surface area contributed by atoms with Crippen LogP contribution in [0.15, 0.2) is 152 Å². The molecule has 0 saturated carbocycles. The molecule has 3 heterocycles. The maximum Gasteiger partial charge on any atom is 0.160 e. The average molecular weight is 863 g/mol. The van der Waals surface area contributed by atoms with Crippen LogP contribution in [-0.4, -0.2) is 19.5 Å². The highest BCUT2D eigenvalue weighted by Gasteiger charge is 2.27. The van der Waals surface area contributed by atoms with Crippen LogP contribution in [0.3, 0.4) is 0 Å². The zero-order chi connectivity index (χ0) is 46.5. The molecule has 3 aromatic heterocycles. The largest absolute Gasteiger partial charge is 0.354 e. The van der Waals surface area contributed by atoms with Gasteiger partial charge >= 0.3 is 0 Å². The van der Waals surface area contributed by atoms with Gasteiger partial charge in [0.25, 0.3) is 0 Å². The number of nitrogens with zero attached hydrogens (tertiary/aromatic N) is 3. The molecule has 1 N–H and O–H groups in total. The summed E-state index contributed by atoms with van der Waals surface area (Å²) in [5, 5.41) is 4.92. The number of H-pyrrole nitrogens is 1. The Morgan fingerprint density at radius 1 is 0.394 bits per heavy atom. The van der Waals surface area contributed by atoms with E-state index in [1.165, 1.54) is 66.3 Å². The van der Waals surface area contributed by atoms with Crippen molar-refractivity contribution < 1.29 is 0 Å². The Morgan fingerprint density at radius 3 is 1.45 bits per heavy atom. The summed E-state index contributed by atoms with van der Waals surface area (Å²) in [7, 11) is 0. The highest BCUT2D eigenvalue weighted by atomic mass is 15.0. The molecular weight excluding hydrogens is 801 g/mol. The van der Waals surface area contributed by atoms with E-state index in [9.17, 15) is 0 Å². The van der Waals surface area contributed by atoms with Gasteiger partial charge in [-0.3, -0.25) is 0 Å². The van der Waals surface area contributed by atoms with Crippen molar-refractivity contribution in [1.29, 1.82) is 0 Å². The minimum Gasteiger partial charge on any atom is -0.354 e. The number of aromatic amines is 1. The zero-order valence-corrected chi connectivity index (χ0v) is 40.8. The molecule has 0 aliphatic heterocycles. The van der Waals surface area contributed by atoms with E-state index in [0.717, 1.165) is 44.5 Å². The van der Waals surface area contributed by atoms with Crippen LogP contribution in [0.25, 0.3) is 94.3 Å². The molecule has 7 aromatic carbocycles. The van der Waals surface area contributed by atoms with Gasteiger partial charge in [-0.15, -0.1) is 0 Å². The van der Waals surface area contributed by atoms with Crippen molar-refractivity contribution >= 4 is 43.6 Å². The molecule has 10 rings (SSSR count). The molecule has 0 fully saturated rings. The van der Waals surface area contributed by atoms with Gasteiger partial charge in [0.05, 0.1) is 27.9 Å². The summed E-state index contributed by atoms with van der Waals surface area (Å²) in [5.74, 6) is 0.705. The van der Waals surface area contributed by atoms with E-state index in [4.69, 9.17) is 9.97 Å². The Kier molecular flexibility index (Phi) is 10.1. The molecule has 4 heteroatoms. The van der Waals surface area contributed by atoms with E-state index < -0.39 is 0 Å². The SMILES string of the molecule is CC(C)(C)c1cc(-c2c(C(C)(C)C)ccc3c2[nH]c2ccc(-c4nc(-c5ccccc5)cc(-c5ccccc5)n4)cc23)cc(-n2c3ccc(C(C)(C)C)cc3c3cc(C(C)(C)C)ccc32)c1. The first-order valence-electron chi connectivity index (χ1n) is 23.6. The lowest BCUT2D eigenvalue weighted by molar-refractivity contribution is 0.588. The van der Waals surface area contributed by atoms with Crippen molar-refractivity contribution in [3.8, 4) is 50.7 Å². The van der Waals surface area contributed by atoms with Gasteiger partial charge in [0.15, 0.2) is 5.82 Å². The number of benzene rings is 7. The smallest absolute Gasteiger partial charge is 0.160 e. The van der Waals surface area contributed by atoms with Gasteiger partial charge in [0, 0.05) is 55.0 Å². The summed E-state index contributed by atoms with van der Waals surface area (Å²) < 4.78 is 2.52. The number of aromatic nitrogens is 4. The van der Waals surface area contributed by atoms with Gasteiger partial charge in [0.2, 0.25) is 0 Å². The minimum absolute atomic E-state index is 0.0241. The zero-order valence-electron chi connectivity index (χ0n) is 40.8. The van der Waals surface area contributed by atoms with Crippen LogP contribution in [-0.2, 0) is 21.7 Å². The van der Waals surface area contributed by atoms with Crippen LogP contribution >= 0.6 is 0 Å². The first-order valence-corrected chi connectivity index (χ1v) is 23.6. The number of fused-ring (bicyclic) bond motifs is 6. The summed E-state index contributed by atoms with van der Waals surface area (Å²) in [6.07, 6.45) is 0. The predicted octanol–water partition coefficient (Wildman–Crippen LogP) is 17.1. The number of hydrogen-bond acceptors (Lipinski definition) is 2. The van der Waals surface area contributed by atoms with Crippen molar-refractivity contribution in [2.45, 2.75) is 105 Å². The molecule has 0 spiro atoms. The molecule has 0 bridgehead atoms. The average Bonchev–Trinajstić information content (AvgIpc) is 3.82. The third kappa shape index (κ3) is 7.70. The maximum absolute atomic E-state index is 5.20. The Balaban J connectivity index is 1.21. The lowest BCUT2D eigenvalue weighted by Gasteiger charge is -2.26. The van der Waals surface area contributed by atoms with Gasteiger partial charge in [-0.2, -0.15) is 0 Å². The van der Waals surface area contributed by atoms with Gasteiger partial charge in [0.1, 0.15) is 0 Å². The highest BCUT2D eigenvalue weighted by molar-refractivity contribution is 6.14. The number of hydrogen-bond donors (Lipinski definition) is 1. The minimum atomic E-state index is -0.136. The lowest BCUT2D eigenvalue weighted by Crippen LogP contribution is -2.15. The molecule has 66 heavy (non-hydrogen) atoms. The Morgan fingerprint density at radius 2 is 0.939 bits per heavy atom. The summed E-state index contributed by atoms with van der Waals surface area (Å²) >= 11 is 0. The van der Waals surface area contributed by atoms with E-state index in [0.29, 0.717) is 5.82 Å². The van der Waals surface area contributed by atoms with Crippen LogP contribution in [0.2, 0.25) is 0 Å². The van der Waals surface area contributed by atoms with Crippen molar-refractivity contribution in [1.82, 2.24) is 19.5 Å². The van der Waals surface area contributed by atoms with Gasteiger partial charge < -0.3 is 9.55 Å².